The first-order chi connectivity index (χ1) is 8.49. The summed E-state index contributed by atoms with van der Waals surface area (Å²) in [6.45, 7) is 3.00. The summed E-state index contributed by atoms with van der Waals surface area (Å²) < 4.78 is 0. The van der Waals surface area contributed by atoms with Gasteiger partial charge in [-0.25, -0.2) is 0 Å². The van der Waals surface area contributed by atoms with Crippen molar-refractivity contribution in [1.82, 2.24) is 4.90 Å². The highest BCUT2D eigenvalue weighted by Gasteiger charge is 2.28. The second-order valence-corrected chi connectivity index (χ2v) is 5.25. The van der Waals surface area contributed by atoms with Gasteiger partial charge in [-0.05, 0) is 30.5 Å². The van der Waals surface area contributed by atoms with Crippen LogP contribution in [0.5, 0.6) is 0 Å². The number of aliphatic hydroxyl groups is 1. The molecule has 98 valence electrons. The van der Waals surface area contributed by atoms with E-state index in [0.717, 1.165) is 6.42 Å². The van der Waals surface area contributed by atoms with Crippen molar-refractivity contribution >= 4 is 23.2 Å². The van der Waals surface area contributed by atoms with Crippen LogP contribution in [0.4, 0.5) is 5.69 Å². The van der Waals surface area contributed by atoms with Crippen molar-refractivity contribution < 1.29 is 9.90 Å². The van der Waals surface area contributed by atoms with E-state index in [1.54, 1.807) is 23.1 Å². The number of halogens is 1. The summed E-state index contributed by atoms with van der Waals surface area (Å²) in [5.41, 5.74) is 6.62. The van der Waals surface area contributed by atoms with E-state index in [2.05, 4.69) is 0 Å². The molecule has 2 atom stereocenters. The summed E-state index contributed by atoms with van der Waals surface area (Å²) >= 11 is 5.80. The highest BCUT2D eigenvalue weighted by Crippen LogP contribution is 2.23. The van der Waals surface area contributed by atoms with E-state index in [1.807, 2.05) is 6.92 Å². The minimum absolute atomic E-state index is 0.143. The monoisotopic (exact) mass is 268 g/mol. The lowest BCUT2D eigenvalue weighted by Crippen LogP contribution is -2.45. The number of aliphatic hydroxyl groups excluding tert-OH is 1. The maximum Gasteiger partial charge on any atom is 0.256 e. The standard InChI is InChI=1S/C13H17ClN2O2/c1-8-4-5-16(7-12(8)17)13(18)10-3-2-9(14)6-11(10)15/h2-3,6,8,12,17H,4-5,7,15H2,1H3. The third-order valence-corrected chi connectivity index (χ3v) is 3.68. The highest BCUT2D eigenvalue weighted by atomic mass is 35.5. The Hall–Kier alpha value is -1.26. The Morgan fingerprint density at radius 1 is 1.56 bits per heavy atom. The first-order valence-electron chi connectivity index (χ1n) is 6.01. The van der Waals surface area contributed by atoms with Crippen molar-refractivity contribution in [3.8, 4) is 0 Å². The number of nitrogen functional groups attached to an aromatic ring is 1. The zero-order chi connectivity index (χ0) is 13.3. The molecule has 2 unspecified atom stereocenters. The van der Waals surface area contributed by atoms with E-state index in [4.69, 9.17) is 17.3 Å². The zero-order valence-electron chi connectivity index (χ0n) is 10.3. The van der Waals surface area contributed by atoms with Crippen LogP contribution in [-0.4, -0.2) is 35.1 Å². The number of hydrogen-bond donors (Lipinski definition) is 2. The molecule has 1 aromatic rings. The first-order valence-corrected chi connectivity index (χ1v) is 6.39. The zero-order valence-corrected chi connectivity index (χ0v) is 11.0. The van der Waals surface area contributed by atoms with Crippen LogP contribution in [0.25, 0.3) is 0 Å². The fourth-order valence-corrected chi connectivity index (χ4v) is 2.31. The molecule has 1 heterocycles. The molecule has 1 amide bonds. The quantitative estimate of drug-likeness (QED) is 0.763. The molecule has 1 fully saturated rings. The van der Waals surface area contributed by atoms with Crippen LogP contribution in [-0.2, 0) is 0 Å². The molecule has 18 heavy (non-hydrogen) atoms. The molecular formula is C13H17ClN2O2. The van der Waals surface area contributed by atoms with E-state index >= 15 is 0 Å². The van der Waals surface area contributed by atoms with Gasteiger partial charge in [-0.1, -0.05) is 18.5 Å². The molecule has 3 N–H and O–H groups in total. The molecule has 5 heteroatoms. The number of benzene rings is 1. The molecule has 1 saturated heterocycles. The number of anilines is 1. The predicted molar refractivity (Wildman–Crippen MR) is 71.6 cm³/mol. The minimum Gasteiger partial charge on any atom is -0.398 e. The van der Waals surface area contributed by atoms with E-state index in [-0.39, 0.29) is 11.8 Å². The maximum atomic E-state index is 12.3. The van der Waals surface area contributed by atoms with Gasteiger partial charge in [0.05, 0.1) is 11.7 Å². The number of hydrogen-bond acceptors (Lipinski definition) is 3. The Labute approximate surface area is 111 Å². The Morgan fingerprint density at radius 2 is 2.28 bits per heavy atom. The van der Waals surface area contributed by atoms with Gasteiger partial charge < -0.3 is 15.7 Å². The Bertz CT molecular complexity index is 464. The number of rotatable bonds is 1. The number of amides is 1. The van der Waals surface area contributed by atoms with Crippen molar-refractivity contribution in [2.24, 2.45) is 5.92 Å². The van der Waals surface area contributed by atoms with E-state index in [9.17, 15) is 9.90 Å². The molecule has 1 aromatic carbocycles. The number of carbonyl (C=O) groups is 1. The molecule has 0 aliphatic carbocycles. The van der Waals surface area contributed by atoms with Crippen molar-refractivity contribution in [3.05, 3.63) is 28.8 Å². The predicted octanol–water partition coefficient (Wildman–Crippen LogP) is 1.77. The maximum absolute atomic E-state index is 12.3. The molecule has 1 aliphatic heterocycles. The molecule has 0 aromatic heterocycles. The molecule has 0 bridgehead atoms. The van der Waals surface area contributed by atoms with Crippen molar-refractivity contribution in [1.29, 1.82) is 0 Å². The van der Waals surface area contributed by atoms with E-state index in [1.165, 1.54) is 0 Å². The normalized spacial score (nSPS) is 24.1. The first kappa shape index (κ1) is 13.2. The van der Waals surface area contributed by atoms with Gasteiger partial charge in [-0.3, -0.25) is 4.79 Å². The van der Waals surface area contributed by atoms with Gasteiger partial charge in [-0.15, -0.1) is 0 Å². The molecule has 0 spiro atoms. The second kappa shape index (κ2) is 5.16. The molecule has 1 aliphatic rings. The molecule has 0 saturated carbocycles. The molecule has 4 nitrogen and oxygen atoms in total. The van der Waals surface area contributed by atoms with Crippen LogP contribution in [0.15, 0.2) is 18.2 Å². The Balaban J connectivity index is 2.16. The number of likely N-dealkylation sites (tertiary alicyclic amines) is 1. The molecular weight excluding hydrogens is 252 g/mol. The lowest BCUT2D eigenvalue weighted by molar-refractivity contribution is 0.0249. The third kappa shape index (κ3) is 2.60. The van der Waals surface area contributed by atoms with Crippen LogP contribution in [0.3, 0.4) is 0 Å². The van der Waals surface area contributed by atoms with Crippen molar-refractivity contribution in [2.75, 3.05) is 18.8 Å². The average molecular weight is 269 g/mol. The summed E-state index contributed by atoms with van der Waals surface area (Å²) in [6, 6.07) is 4.84. The van der Waals surface area contributed by atoms with Crippen LogP contribution >= 0.6 is 11.6 Å². The fraction of sp³-hybridized carbons (Fsp3) is 0.462. The summed E-state index contributed by atoms with van der Waals surface area (Å²) in [4.78, 5) is 13.9. The van der Waals surface area contributed by atoms with Crippen LogP contribution < -0.4 is 5.73 Å². The smallest absolute Gasteiger partial charge is 0.256 e. The van der Waals surface area contributed by atoms with Gasteiger partial charge in [0.15, 0.2) is 0 Å². The number of β-amino-alcohol motifs (C(OH)–C–C–N with tert-alkyl or cyclic N) is 1. The van der Waals surface area contributed by atoms with Gasteiger partial charge in [0.25, 0.3) is 5.91 Å². The van der Waals surface area contributed by atoms with E-state index in [0.29, 0.717) is 29.4 Å². The van der Waals surface area contributed by atoms with Crippen molar-refractivity contribution in [2.45, 2.75) is 19.4 Å². The lowest BCUT2D eigenvalue weighted by Gasteiger charge is -2.34. The summed E-state index contributed by atoms with van der Waals surface area (Å²) in [6.07, 6.45) is 0.344. The van der Waals surface area contributed by atoms with Crippen LogP contribution in [0, 0.1) is 5.92 Å². The highest BCUT2D eigenvalue weighted by molar-refractivity contribution is 6.31. The average Bonchev–Trinajstić information content (AvgIpc) is 2.32. The number of nitrogens with zero attached hydrogens (tertiary/aromatic N) is 1. The number of nitrogens with two attached hydrogens (primary N) is 1. The second-order valence-electron chi connectivity index (χ2n) is 4.82. The van der Waals surface area contributed by atoms with Gasteiger partial charge in [-0.2, -0.15) is 0 Å². The van der Waals surface area contributed by atoms with Crippen LogP contribution in [0.1, 0.15) is 23.7 Å². The Kier molecular flexibility index (Phi) is 3.78. The number of carbonyl (C=O) groups excluding carboxylic acids is 1. The molecule has 2 rings (SSSR count). The minimum atomic E-state index is -0.462. The topological polar surface area (TPSA) is 66.6 Å². The van der Waals surface area contributed by atoms with Crippen LogP contribution in [0.2, 0.25) is 5.02 Å². The van der Waals surface area contributed by atoms with E-state index < -0.39 is 6.10 Å². The SMILES string of the molecule is CC1CCN(C(=O)c2ccc(Cl)cc2N)CC1O. The molecule has 0 radical (unpaired) electrons. The third-order valence-electron chi connectivity index (χ3n) is 3.45. The lowest BCUT2D eigenvalue weighted by atomic mass is 9.95. The fourth-order valence-electron chi connectivity index (χ4n) is 2.13. The van der Waals surface area contributed by atoms with Gasteiger partial charge in [0.2, 0.25) is 0 Å². The number of piperidine rings is 1. The van der Waals surface area contributed by atoms with Gasteiger partial charge in [0, 0.05) is 23.8 Å². The van der Waals surface area contributed by atoms with Gasteiger partial charge in [0.1, 0.15) is 0 Å². The summed E-state index contributed by atoms with van der Waals surface area (Å²) in [7, 11) is 0. The summed E-state index contributed by atoms with van der Waals surface area (Å²) in [5.74, 6) is 0.0896. The summed E-state index contributed by atoms with van der Waals surface area (Å²) in [5, 5.41) is 10.3. The largest absolute Gasteiger partial charge is 0.398 e. The van der Waals surface area contributed by atoms with Crippen molar-refractivity contribution in [3.63, 3.8) is 0 Å². The van der Waals surface area contributed by atoms with Gasteiger partial charge >= 0.3 is 0 Å². The Morgan fingerprint density at radius 3 is 2.89 bits per heavy atom.